The third-order valence-electron chi connectivity index (χ3n) is 5.56. The molecular weight excluding hydrogens is 500 g/mol. The first kappa shape index (κ1) is 36.5. The fourth-order valence-electron chi connectivity index (χ4n) is 3.33. The van der Waals surface area contributed by atoms with E-state index in [4.69, 9.17) is 41.7 Å². The number of hydrogen-bond donors (Lipinski definition) is 0. The van der Waals surface area contributed by atoms with Crippen LogP contribution >= 0.6 is 0 Å². The lowest BCUT2D eigenvalue weighted by Gasteiger charge is -2.30. The van der Waals surface area contributed by atoms with Crippen molar-refractivity contribution >= 4 is 14.2 Å². The highest BCUT2D eigenvalue weighted by Crippen LogP contribution is 2.18. The van der Waals surface area contributed by atoms with Crippen LogP contribution in [0.1, 0.15) is 65.2 Å². The summed E-state index contributed by atoms with van der Waals surface area (Å²) >= 11 is 0. The number of carbonyl (C=O) groups is 1. The van der Waals surface area contributed by atoms with E-state index in [0.717, 1.165) is 25.7 Å². The lowest BCUT2D eigenvalue weighted by atomic mass is 10.1. The third kappa shape index (κ3) is 20.1. The molecule has 0 aromatic carbocycles. The van der Waals surface area contributed by atoms with Crippen LogP contribution < -0.4 is 0 Å². The van der Waals surface area contributed by atoms with Gasteiger partial charge >= 0.3 is 8.80 Å². The van der Waals surface area contributed by atoms with Crippen LogP contribution in [-0.4, -0.2) is 114 Å². The molecule has 0 N–H and O–H groups in total. The van der Waals surface area contributed by atoms with Crippen molar-refractivity contribution in [3.05, 3.63) is 0 Å². The summed E-state index contributed by atoms with van der Waals surface area (Å²) in [5.41, 5.74) is 0. The molecule has 0 fully saturated rings. The zero-order valence-corrected chi connectivity index (χ0v) is 25.1. The Kier molecular flexibility index (Phi) is 26.8. The van der Waals surface area contributed by atoms with E-state index in [1.54, 1.807) is 21.3 Å². The molecule has 1 atom stereocenters. The van der Waals surface area contributed by atoms with E-state index in [1.165, 1.54) is 19.3 Å². The summed E-state index contributed by atoms with van der Waals surface area (Å²) in [6.45, 7) is 8.18. The predicted molar refractivity (Wildman–Crippen MR) is 144 cm³/mol. The summed E-state index contributed by atoms with van der Waals surface area (Å²) < 4.78 is 50.6. The molecule has 0 aliphatic heterocycles. The summed E-state index contributed by atoms with van der Waals surface area (Å²) in [6, 6.07) is 0. The highest BCUT2D eigenvalue weighted by molar-refractivity contribution is 6.92. The van der Waals surface area contributed by atoms with E-state index in [0.29, 0.717) is 59.3 Å². The van der Waals surface area contributed by atoms with E-state index in [9.17, 15) is 4.79 Å². The Morgan fingerprint density at radius 2 is 1.14 bits per heavy atom. The summed E-state index contributed by atoms with van der Waals surface area (Å²) in [6.07, 6.45) is 7.36. The molecule has 37 heavy (non-hydrogen) atoms. The number of rotatable bonds is 30. The maximum Gasteiger partial charge on any atom is 0.575 e. The first-order chi connectivity index (χ1) is 18.1. The first-order valence-corrected chi connectivity index (χ1v) is 15.5. The quantitative estimate of drug-likeness (QED) is 0.0967. The van der Waals surface area contributed by atoms with Crippen LogP contribution in [0, 0.1) is 0 Å². The zero-order valence-electron chi connectivity index (χ0n) is 24.1. The van der Waals surface area contributed by atoms with Gasteiger partial charge in [-0.2, -0.15) is 0 Å². The van der Waals surface area contributed by atoms with Crippen molar-refractivity contribution in [1.29, 1.82) is 0 Å². The van der Waals surface area contributed by atoms with Crippen LogP contribution in [0.15, 0.2) is 0 Å². The summed E-state index contributed by atoms with van der Waals surface area (Å²) in [4.78, 5) is 13.6. The van der Waals surface area contributed by atoms with Gasteiger partial charge in [-0.25, -0.2) is 0 Å². The molecule has 0 saturated carbocycles. The van der Waals surface area contributed by atoms with Crippen LogP contribution in [0.3, 0.4) is 0 Å². The van der Waals surface area contributed by atoms with Crippen molar-refractivity contribution in [3.63, 3.8) is 0 Å². The fraction of sp³-hybridized carbons (Fsp3) is 0.962. The molecule has 10 nitrogen and oxygen atoms in total. The molecule has 11 heteroatoms. The third-order valence-corrected chi connectivity index (χ3v) is 8.21. The van der Waals surface area contributed by atoms with Crippen molar-refractivity contribution < 1.29 is 46.5 Å². The molecule has 222 valence electrons. The maximum atomic E-state index is 13.6. The molecule has 0 rings (SSSR count). The first-order valence-electron chi connectivity index (χ1n) is 13.8. The van der Waals surface area contributed by atoms with Gasteiger partial charge in [-0.1, -0.05) is 46.0 Å². The molecule has 0 aromatic rings. The maximum absolute atomic E-state index is 13.6. The topological polar surface area (TPSA) is 100 Å². The Hall–Kier alpha value is -0.473. The van der Waals surface area contributed by atoms with E-state index >= 15 is 0 Å². The minimum Gasteiger partial charge on any atom is -0.382 e. The van der Waals surface area contributed by atoms with Gasteiger partial charge in [-0.15, -0.1) is 0 Å². The Balaban J connectivity index is 5.28. The van der Waals surface area contributed by atoms with E-state index in [2.05, 4.69) is 6.92 Å². The van der Waals surface area contributed by atoms with Crippen molar-refractivity contribution in [2.45, 2.75) is 71.3 Å². The van der Waals surface area contributed by atoms with Crippen molar-refractivity contribution in [2.24, 2.45) is 0 Å². The van der Waals surface area contributed by atoms with Crippen molar-refractivity contribution in [3.8, 4) is 0 Å². The van der Waals surface area contributed by atoms with Gasteiger partial charge in [-0.3, -0.25) is 4.79 Å². The summed E-state index contributed by atoms with van der Waals surface area (Å²) in [5.74, 6) is 0. The van der Waals surface area contributed by atoms with E-state index in [-0.39, 0.29) is 31.3 Å². The zero-order chi connectivity index (χ0) is 27.5. The second-order valence-electron chi connectivity index (χ2n) is 8.61. The molecule has 1 unspecified atom stereocenters. The number of unbranched alkanes of at least 4 members (excludes halogenated alkanes) is 5. The van der Waals surface area contributed by atoms with Crippen LogP contribution in [0.5, 0.6) is 0 Å². The second kappa shape index (κ2) is 27.1. The van der Waals surface area contributed by atoms with Crippen LogP contribution in [-0.2, 0) is 46.5 Å². The SMILES string of the molecule is CCCCCCCCC(=O)[Si](OCCOCCOC)(OCCOCCOC)OCC(CC)OCCOC. The number of methoxy groups -OCH3 is 3. The van der Waals surface area contributed by atoms with Gasteiger partial charge in [0.05, 0.1) is 78.8 Å². The molecule has 0 aliphatic carbocycles. The fourth-order valence-corrected chi connectivity index (χ4v) is 5.65. The summed E-state index contributed by atoms with van der Waals surface area (Å²) in [7, 11) is 1.16. The predicted octanol–water partition coefficient (Wildman–Crippen LogP) is 3.60. The lowest BCUT2D eigenvalue weighted by Crippen LogP contribution is -2.56. The van der Waals surface area contributed by atoms with Gasteiger partial charge in [0.15, 0.2) is 0 Å². The molecule has 0 amide bonds. The normalized spacial score (nSPS) is 12.8. The Labute approximate surface area is 226 Å². The standard InChI is InChI=1S/C26H54O10Si/c1-6-8-9-10-11-12-13-26(27)37(34-22-19-31-17-14-28-3,35-23-20-32-18-15-29-4)36-24-25(7-2)33-21-16-30-5/h25H,6-24H2,1-5H3. The van der Waals surface area contributed by atoms with Crippen LogP contribution in [0.25, 0.3) is 0 Å². The molecule has 0 aliphatic rings. The Morgan fingerprint density at radius 1 is 0.622 bits per heavy atom. The summed E-state index contributed by atoms with van der Waals surface area (Å²) in [5, 5.41) is -0.108. The average molecular weight is 555 g/mol. The Morgan fingerprint density at radius 3 is 1.68 bits per heavy atom. The second-order valence-corrected chi connectivity index (χ2v) is 11.1. The minimum atomic E-state index is -3.71. The van der Waals surface area contributed by atoms with Gasteiger partial charge in [0.1, 0.15) is 0 Å². The number of ether oxygens (including phenoxy) is 6. The molecule has 0 spiro atoms. The molecule has 0 aromatic heterocycles. The molecule has 0 bridgehead atoms. The molecule has 0 heterocycles. The highest BCUT2D eigenvalue weighted by Gasteiger charge is 2.50. The lowest BCUT2D eigenvalue weighted by molar-refractivity contribution is -0.121. The number of hydrogen-bond acceptors (Lipinski definition) is 10. The molecular formula is C26H54O10Si. The largest absolute Gasteiger partial charge is 0.575 e. The molecule has 0 radical (unpaired) electrons. The van der Waals surface area contributed by atoms with Gasteiger partial charge in [0.2, 0.25) is 5.41 Å². The van der Waals surface area contributed by atoms with Gasteiger partial charge < -0.3 is 41.7 Å². The number of carbonyl (C=O) groups excluding carboxylic acids is 1. The monoisotopic (exact) mass is 554 g/mol. The smallest absolute Gasteiger partial charge is 0.382 e. The van der Waals surface area contributed by atoms with Crippen molar-refractivity contribution in [1.82, 2.24) is 0 Å². The van der Waals surface area contributed by atoms with Crippen LogP contribution in [0.4, 0.5) is 0 Å². The van der Waals surface area contributed by atoms with Gasteiger partial charge in [-0.05, 0) is 12.8 Å². The van der Waals surface area contributed by atoms with Crippen molar-refractivity contribution in [2.75, 3.05) is 94.0 Å². The van der Waals surface area contributed by atoms with Gasteiger partial charge in [0.25, 0.3) is 0 Å². The average Bonchev–Trinajstić information content (AvgIpc) is 2.91. The highest BCUT2D eigenvalue weighted by atomic mass is 28.4. The Bertz CT molecular complexity index is 482. The van der Waals surface area contributed by atoms with Gasteiger partial charge in [0, 0.05) is 27.8 Å². The van der Waals surface area contributed by atoms with E-state index in [1.807, 2.05) is 6.92 Å². The minimum absolute atomic E-state index is 0.108. The molecule has 0 saturated heterocycles. The van der Waals surface area contributed by atoms with E-state index < -0.39 is 8.80 Å². The van der Waals surface area contributed by atoms with Crippen LogP contribution in [0.2, 0.25) is 0 Å².